The molecule has 1 aromatic carbocycles. The van der Waals surface area contributed by atoms with Crippen LogP contribution in [0.3, 0.4) is 0 Å². The molecule has 1 aliphatic rings. The lowest BCUT2D eigenvalue weighted by Gasteiger charge is -2.18. The van der Waals surface area contributed by atoms with Crippen molar-refractivity contribution in [1.82, 2.24) is 5.32 Å². The predicted molar refractivity (Wildman–Crippen MR) is 115 cm³/mol. The second kappa shape index (κ2) is 9.12. The highest BCUT2D eigenvalue weighted by atomic mass is 35.5. The van der Waals surface area contributed by atoms with Crippen LogP contribution in [-0.4, -0.2) is 35.9 Å². The maximum absolute atomic E-state index is 13.0. The summed E-state index contributed by atoms with van der Waals surface area (Å²) in [7, 11) is 1.49. The van der Waals surface area contributed by atoms with E-state index in [0.717, 1.165) is 16.6 Å². The van der Waals surface area contributed by atoms with Crippen molar-refractivity contribution in [2.75, 3.05) is 17.8 Å². The molecule has 0 atom stereocenters. The summed E-state index contributed by atoms with van der Waals surface area (Å²) in [5, 5.41) is 4.46. The minimum Gasteiger partial charge on any atom is -0.495 e. The number of urea groups is 1. The third-order valence-corrected chi connectivity index (χ3v) is 5.69. The Morgan fingerprint density at radius 3 is 2.83 bits per heavy atom. The number of halogens is 1. The summed E-state index contributed by atoms with van der Waals surface area (Å²) in [6, 6.07) is 7.65. The van der Waals surface area contributed by atoms with Crippen molar-refractivity contribution in [1.29, 1.82) is 0 Å². The molecule has 3 rings (SSSR count). The Bertz CT molecular complexity index is 1020. The Labute approximate surface area is 179 Å². The lowest BCUT2D eigenvalue weighted by Crippen LogP contribution is -2.37. The number of rotatable bonds is 5. The average Bonchev–Trinajstić information content (AvgIpc) is 3.28. The minimum absolute atomic E-state index is 0.151. The largest absolute Gasteiger partial charge is 0.495 e. The number of nitrogens with two attached hydrogens (primary N) is 1. The molecule has 1 aliphatic heterocycles. The van der Waals surface area contributed by atoms with Crippen LogP contribution in [0.15, 0.2) is 46.4 Å². The zero-order chi connectivity index (χ0) is 21.0. The van der Waals surface area contributed by atoms with Crippen molar-refractivity contribution in [3.8, 4) is 5.75 Å². The Kier molecular flexibility index (Phi) is 6.57. The smallest absolute Gasteiger partial charge is 0.318 e. The molecule has 150 valence electrons. The highest BCUT2D eigenvalue weighted by molar-refractivity contribution is 8.14. The van der Waals surface area contributed by atoms with Crippen LogP contribution in [0.5, 0.6) is 5.75 Å². The first-order valence-electron chi connectivity index (χ1n) is 8.13. The molecular formula is C18H15ClN4O4S2. The van der Waals surface area contributed by atoms with Gasteiger partial charge in [-0.2, -0.15) is 0 Å². The van der Waals surface area contributed by atoms with Crippen molar-refractivity contribution in [2.45, 2.75) is 0 Å². The van der Waals surface area contributed by atoms with Gasteiger partial charge in [0.2, 0.25) is 5.91 Å². The molecule has 8 nitrogen and oxygen atoms in total. The lowest BCUT2D eigenvalue weighted by atomic mass is 10.2. The van der Waals surface area contributed by atoms with E-state index in [0.29, 0.717) is 16.5 Å². The Hall–Kier alpha value is -2.82. The third kappa shape index (κ3) is 4.97. The summed E-state index contributed by atoms with van der Waals surface area (Å²) in [5.41, 5.74) is 5.64. The third-order valence-electron chi connectivity index (χ3n) is 3.64. The van der Waals surface area contributed by atoms with Gasteiger partial charge in [0.15, 0.2) is 5.17 Å². The van der Waals surface area contributed by atoms with Crippen molar-refractivity contribution >= 4 is 69.5 Å². The van der Waals surface area contributed by atoms with Crippen LogP contribution in [0, 0.1) is 0 Å². The first kappa shape index (κ1) is 20.9. The number of carbonyl (C=O) groups is 3. The molecule has 0 saturated carbocycles. The molecule has 0 unspecified atom stereocenters. The molecular weight excluding hydrogens is 436 g/mol. The summed E-state index contributed by atoms with van der Waals surface area (Å²) in [6.45, 7) is 0. The van der Waals surface area contributed by atoms with E-state index in [4.69, 9.17) is 22.1 Å². The maximum atomic E-state index is 13.0. The van der Waals surface area contributed by atoms with Gasteiger partial charge in [-0.3, -0.25) is 19.8 Å². The van der Waals surface area contributed by atoms with E-state index >= 15 is 0 Å². The van der Waals surface area contributed by atoms with Crippen molar-refractivity contribution in [2.24, 2.45) is 10.7 Å². The van der Waals surface area contributed by atoms with Crippen molar-refractivity contribution in [3.63, 3.8) is 0 Å². The predicted octanol–water partition coefficient (Wildman–Crippen LogP) is 3.08. The number of carbonyl (C=O) groups excluding carboxylic acids is 3. The average molecular weight is 451 g/mol. The number of amides is 4. The summed E-state index contributed by atoms with van der Waals surface area (Å²) < 4.78 is 5.15. The van der Waals surface area contributed by atoms with Crippen molar-refractivity contribution in [3.05, 3.63) is 51.3 Å². The van der Waals surface area contributed by atoms with E-state index in [9.17, 15) is 14.4 Å². The topological polar surface area (TPSA) is 114 Å². The standard InChI is InChI=1S/C18H15ClN4O4S2/c1-27-14-5-4-10(7-12(14)19)23-16(25)13(8-11-3-2-6-28-11)21-18(23)29-9-15(24)22-17(20)26/h2-8H,9H2,1H3,(H3,20,22,24,26). The first-order valence-corrected chi connectivity index (χ1v) is 10.4. The Morgan fingerprint density at radius 2 is 2.21 bits per heavy atom. The zero-order valence-electron chi connectivity index (χ0n) is 15.0. The number of aliphatic imine (C=N–C) groups is 1. The Morgan fingerprint density at radius 1 is 1.41 bits per heavy atom. The van der Waals surface area contributed by atoms with Gasteiger partial charge in [-0.05, 0) is 35.7 Å². The number of primary amides is 1. The van der Waals surface area contributed by atoms with Gasteiger partial charge in [0.1, 0.15) is 11.4 Å². The van der Waals surface area contributed by atoms with Crippen LogP contribution in [0.1, 0.15) is 4.88 Å². The van der Waals surface area contributed by atoms with E-state index in [-0.39, 0.29) is 22.5 Å². The number of nitrogens with zero attached hydrogens (tertiary/aromatic N) is 2. The number of amidine groups is 1. The molecule has 0 saturated heterocycles. The van der Waals surface area contributed by atoms with Gasteiger partial charge in [-0.25, -0.2) is 9.79 Å². The van der Waals surface area contributed by atoms with Crippen LogP contribution in [0.4, 0.5) is 10.5 Å². The number of thiophene rings is 1. The van der Waals surface area contributed by atoms with Crippen LogP contribution < -0.4 is 20.7 Å². The first-order chi connectivity index (χ1) is 13.9. The maximum Gasteiger partial charge on any atom is 0.318 e. The van der Waals surface area contributed by atoms with Gasteiger partial charge in [0.05, 0.1) is 23.6 Å². The number of nitrogens with one attached hydrogen (secondary N) is 1. The highest BCUT2D eigenvalue weighted by Crippen LogP contribution is 2.34. The van der Waals surface area contributed by atoms with E-state index in [1.807, 2.05) is 22.8 Å². The molecule has 0 spiro atoms. The fourth-order valence-corrected chi connectivity index (χ4v) is 4.14. The van der Waals surface area contributed by atoms with Gasteiger partial charge < -0.3 is 10.5 Å². The normalized spacial score (nSPS) is 14.8. The molecule has 0 radical (unpaired) electrons. The van der Waals surface area contributed by atoms with Crippen LogP contribution in [-0.2, 0) is 9.59 Å². The van der Waals surface area contributed by atoms with Gasteiger partial charge in [0.25, 0.3) is 5.91 Å². The number of imide groups is 1. The van der Waals surface area contributed by atoms with Crippen LogP contribution in [0.25, 0.3) is 6.08 Å². The number of hydrogen-bond acceptors (Lipinski definition) is 7. The molecule has 4 amide bonds. The molecule has 0 fully saturated rings. The van der Waals surface area contributed by atoms with Gasteiger partial charge >= 0.3 is 6.03 Å². The fraction of sp³-hybridized carbons (Fsp3) is 0.111. The number of anilines is 1. The van der Waals surface area contributed by atoms with E-state index in [1.165, 1.54) is 23.3 Å². The molecule has 2 aromatic rings. The molecule has 3 N–H and O–H groups in total. The SMILES string of the molecule is COc1ccc(N2C(=O)C(=Cc3cccs3)N=C2SCC(=O)NC(N)=O)cc1Cl. The van der Waals surface area contributed by atoms with E-state index in [1.54, 1.807) is 24.3 Å². The lowest BCUT2D eigenvalue weighted by molar-refractivity contribution is -0.117. The number of hydrogen-bond donors (Lipinski definition) is 2. The van der Waals surface area contributed by atoms with Gasteiger partial charge in [0, 0.05) is 4.88 Å². The number of thioether (sulfide) groups is 1. The second-order valence-electron chi connectivity index (χ2n) is 5.60. The Balaban J connectivity index is 1.92. The van der Waals surface area contributed by atoms with Crippen LogP contribution in [0.2, 0.25) is 5.02 Å². The van der Waals surface area contributed by atoms with Crippen LogP contribution >= 0.6 is 34.7 Å². The quantitative estimate of drug-likeness (QED) is 0.679. The summed E-state index contributed by atoms with van der Waals surface area (Å²) in [5.74, 6) is -0.649. The zero-order valence-corrected chi connectivity index (χ0v) is 17.4. The molecule has 1 aromatic heterocycles. The van der Waals surface area contributed by atoms with E-state index < -0.39 is 11.9 Å². The van der Waals surface area contributed by atoms with Gasteiger partial charge in [-0.1, -0.05) is 29.4 Å². The number of methoxy groups -OCH3 is 1. The second-order valence-corrected chi connectivity index (χ2v) is 7.93. The van der Waals surface area contributed by atoms with E-state index in [2.05, 4.69) is 4.99 Å². The molecule has 0 aliphatic carbocycles. The highest BCUT2D eigenvalue weighted by Gasteiger charge is 2.33. The summed E-state index contributed by atoms with van der Waals surface area (Å²) >= 11 is 8.66. The molecule has 2 heterocycles. The summed E-state index contributed by atoms with van der Waals surface area (Å²) in [6.07, 6.45) is 1.67. The number of ether oxygens (including phenoxy) is 1. The molecule has 29 heavy (non-hydrogen) atoms. The fourth-order valence-electron chi connectivity index (χ4n) is 2.43. The summed E-state index contributed by atoms with van der Waals surface area (Å²) in [4.78, 5) is 42.2. The molecule has 0 bridgehead atoms. The number of benzene rings is 1. The minimum atomic E-state index is -0.947. The molecule has 11 heteroatoms. The van der Waals surface area contributed by atoms with Gasteiger partial charge in [-0.15, -0.1) is 11.3 Å². The monoisotopic (exact) mass is 450 g/mol. The van der Waals surface area contributed by atoms with Crippen molar-refractivity contribution < 1.29 is 19.1 Å².